The second kappa shape index (κ2) is 6.09. The van der Waals surface area contributed by atoms with E-state index < -0.39 is 0 Å². The van der Waals surface area contributed by atoms with Crippen molar-refractivity contribution in [2.45, 2.75) is 33.6 Å². The van der Waals surface area contributed by atoms with E-state index in [0.717, 1.165) is 24.4 Å². The highest BCUT2D eigenvalue weighted by atomic mass is 32.1. The number of carbonyl (C=O) groups is 2. The molecule has 1 N–H and O–H groups in total. The van der Waals surface area contributed by atoms with E-state index in [0.29, 0.717) is 6.54 Å². The highest BCUT2D eigenvalue weighted by Gasteiger charge is 2.22. The Morgan fingerprint density at radius 1 is 1.22 bits per heavy atom. The summed E-state index contributed by atoms with van der Waals surface area (Å²) in [6.45, 7) is 7.45. The van der Waals surface area contributed by atoms with Crippen LogP contribution in [0.4, 0.5) is 0 Å². The van der Waals surface area contributed by atoms with Crippen LogP contribution in [0, 0.1) is 5.41 Å². The molecule has 1 aliphatic heterocycles. The first-order valence-electron chi connectivity index (χ1n) is 6.14. The largest absolute Gasteiger partial charge is 0.379 e. The van der Waals surface area contributed by atoms with E-state index in [1.807, 2.05) is 0 Å². The molecular formula is C13H20N2O2S. The van der Waals surface area contributed by atoms with Gasteiger partial charge in [-0.2, -0.15) is 0 Å². The summed E-state index contributed by atoms with van der Waals surface area (Å²) in [7, 11) is 0. The lowest BCUT2D eigenvalue weighted by atomic mass is 9.97. The van der Waals surface area contributed by atoms with Crippen LogP contribution >= 0.6 is 12.2 Å². The topological polar surface area (TPSA) is 49.4 Å². The van der Waals surface area contributed by atoms with E-state index >= 15 is 0 Å². The minimum Gasteiger partial charge on any atom is -0.379 e. The minimum absolute atomic E-state index is 0.0138. The van der Waals surface area contributed by atoms with Gasteiger partial charge in [-0.25, -0.2) is 0 Å². The molecule has 0 aromatic rings. The number of imide groups is 1. The molecule has 1 heterocycles. The molecule has 0 aromatic carbocycles. The second-order valence-corrected chi connectivity index (χ2v) is 5.78. The molecule has 0 spiro atoms. The van der Waals surface area contributed by atoms with Crippen molar-refractivity contribution in [3.63, 3.8) is 0 Å². The Bertz CT molecular complexity index is 365. The molecule has 0 saturated heterocycles. The van der Waals surface area contributed by atoms with Crippen molar-refractivity contribution in [2.24, 2.45) is 5.41 Å². The van der Waals surface area contributed by atoms with Gasteiger partial charge in [0.05, 0.1) is 4.99 Å². The summed E-state index contributed by atoms with van der Waals surface area (Å²) in [5.41, 5.74) is -0.0138. The number of hydrogen-bond acceptors (Lipinski definition) is 3. The lowest BCUT2D eigenvalue weighted by Gasteiger charge is -2.21. The molecule has 4 nitrogen and oxygen atoms in total. The molecule has 0 atom stereocenters. The lowest BCUT2D eigenvalue weighted by Crippen LogP contribution is -2.34. The van der Waals surface area contributed by atoms with Crippen LogP contribution in [0.1, 0.15) is 33.6 Å². The van der Waals surface area contributed by atoms with Crippen LogP contribution in [0.2, 0.25) is 0 Å². The van der Waals surface area contributed by atoms with Crippen LogP contribution in [0.5, 0.6) is 0 Å². The number of amides is 2. The SMILES string of the molecule is CC(C)(C)C(=S)NCCCCN1C(=O)C=CC1=O. The third-order valence-corrected chi connectivity index (χ3v) is 3.43. The number of carbonyl (C=O) groups excluding carboxylic acids is 2. The van der Waals surface area contributed by atoms with Crippen LogP contribution in [0.3, 0.4) is 0 Å². The number of thiocarbonyl (C=S) groups is 1. The Morgan fingerprint density at radius 2 is 1.78 bits per heavy atom. The van der Waals surface area contributed by atoms with Gasteiger partial charge < -0.3 is 5.32 Å². The molecule has 0 unspecified atom stereocenters. The zero-order valence-electron chi connectivity index (χ0n) is 11.2. The number of nitrogens with zero attached hydrogens (tertiary/aromatic N) is 1. The molecule has 5 heteroatoms. The number of hydrogen-bond donors (Lipinski definition) is 1. The van der Waals surface area contributed by atoms with E-state index in [-0.39, 0.29) is 17.2 Å². The lowest BCUT2D eigenvalue weighted by molar-refractivity contribution is -0.136. The smallest absolute Gasteiger partial charge is 0.253 e. The first kappa shape index (κ1) is 14.8. The van der Waals surface area contributed by atoms with Gasteiger partial charge in [-0.05, 0) is 12.8 Å². The average molecular weight is 268 g/mol. The van der Waals surface area contributed by atoms with Crippen LogP contribution in [-0.2, 0) is 9.59 Å². The summed E-state index contributed by atoms with van der Waals surface area (Å²) < 4.78 is 0. The Hall–Kier alpha value is -1.23. The van der Waals surface area contributed by atoms with Crippen molar-refractivity contribution in [2.75, 3.05) is 13.1 Å². The Balaban J connectivity index is 2.15. The van der Waals surface area contributed by atoms with Crippen molar-refractivity contribution in [3.05, 3.63) is 12.2 Å². The molecule has 0 bridgehead atoms. The van der Waals surface area contributed by atoms with Gasteiger partial charge in [-0.3, -0.25) is 14.5 Å². The quantitative estimate of drug-likeness (QED) is 0.468. The predicted octanol–water partition coefficient (Wildman–Crippen LogP) is 1.65. The molecule has 0 aliphatic carbocycles. The van der Waals surface area contributed by atoms with E-state index in [4.69, 9.17) is 12.2 Å². The van der Waals surface area contributed by atoms with Crippen molar-refractivity contribution in [1.82, 2.24) is 10.2 Å². The van der Waals surface area contributed by atoms with Crippen molar-refractivity contribution < 1.29 is 9.59 Å². The molecule has 100 valence electrons. The molecule has 18 heavy (non-hydrogen) atoms. The van der Waals surface area contributed by atoms with Crippen LogP contribution < -0.4 is 5.32 Å². The van der Waals surface area contributed by atoms with E-state index in [1.54, 1.807) is 0 Å². The molecule has 0 radical (unpaired) electrons. The van der Waals surface area contributed by atoms with Crippen LogP contribution in [0.15, 0.2) is 12.2 Å². The molecular weight excluding hydrogens is 248 g/mol. The number of nitrogens with one attached hydrogen (secondary N) is 1. The van der Waals surface area contributed by atoms with Gasteiger partial charge in [0.25, 0.3) is 11.8 Å². The monoisotopic (exact) mass is 268 g/mol. The van der Waals surface area contributed by atoms with Gasteiger partial charge in [0, 0.05) is 30.7 Å². The summed E-state index contributed by atoms with van der Waals surface area (Å²) in [5, 5.41) is 3.20. The maximum atomic E-state index is 11.3. The van der Waals surface area contributed by atoms with Gasteiger partial charge in [-0.1, -0.05) is 33.0 Å². The number of rotatable bonds is 5. The van der Waals surface area contributed by atoms with Gasteiger partial charge in [0.15, 0.2) is 0 Å². The molecule has 2 amide bonds. The maximum absolute atomic E-state index is 11.3. The van der Waals surface area contributed by atoms with Gasteiger partial charge in [-0.15, -0.1) is 0 Å². The first-order chi connectivity index (χ1) is 8.32. The van der Waals surface area contributed by atoms with Crippen molar-refractivity contribution in [1.29, 1.82) is 0 Å². The summed E-state index contributed by atoms with van der Waals surface area (Å²) in [6, 6.07) is 0. The zero-order chi connectivity index (χ0) is 13.8. The fourth-order valence-electron chi connectivity index (χ4n) is 1.51. The van der Waals surface area contributed by atoms with Gasteiger partial charge in [0.2, 0.25) is 0 Å². The highest BCUT2D eigenvalue weighted by molar-refractivity contribution is 7.80. The Labute approximate surface area is 113 Å². The fraction of sp³-hybridized carbons (Fsp3) is 0.615. The molecule has 0 aromatic heterocycles. The zero-order valence-corrected chi connectivity index (χ0v) is 12.0. The third-order valence-electron chi connectivity index (χ3n) is 2.68. The van der Waals surface area contributed by atoms with Crippen LogP contribution in [-0.4, -0.2) is 34.8 Å². The molecule has 0 saturated carbocycles. The van der Waals surface area contributed by atoms with Crippen LogP contribution in [0.25, 0.3) is 0 Å². The Kier molecular flexibility index (Phi) is 5.02. The standard InChI is InChI=1S/C13H20N2O2S/c1-13(2,3)12(18)14-8-4-5-9-15-10(16)6-7-11(15)17/h6-7H,4-5,8-9H2,1-3H3,(H,14,18). The second-order valence-electron chi connectivity index (χ2n) is 5.37. The predicted molar refractivity (Wildman–Crippen MR) is 75.1 cm³/mol. The average Bonchev–Trinajstić information content (AvgIpc) is 2.58. The van der Waals surface area contributed by atoms with E-state index in [1.165, 1.54) is 17.1 Å². The van der Waals surface area contributed by atoms with E-state index in [9.17, 15) is 9.59 Å². The maximum Gasteiger partial charge on any atom is 0.253 e. The summed E-state index contributed by atoms with van der Waals surface area (Å²) >= 11 is 5.25. The number of unbranched alkanes of at least 4 members (excludes halogenated alkanes) is 1. The Morgan fingerprint density at radius 3 is 2.28 bits per heavy atom. The normalized spacial score (nSPS) is 15.4. The van der Waals surface area contributed by atoms with Crippen molar-refractivity contribution >= 4 is 29.0 Å². The van der Waals surface area contributed by atoms with Gasteiger partial charge in [0.1, 0.15) is 0 Å². The van der Waals surface area contributed by atoms with Gasteiger partial charge >= 0.3 is 0 Å². The molecule has 0 fully saturated rings. The fourth-order valence-corrected chi connectivity index (χ4v) is 1.62. The summed E-state index contributed by atoms with van der Waals surface area (Å²) in [5.74, 6) is -0.420. The first-order valence-corrected chi connectivity index (χ1v) is 6.55. The van der Waals surface area contributed by atoms with E-state index in [2.05, 4.69) is 26.1 Å². The summed E-state index contributed by atoms with van der Waals surface area (Å²) in [4.78, 5) is 24.7. The summed E-state index contributed by atoms with van der Waals surface area (Å²) in [6.07, 6.45) is 4.30. The highest BCUT2D eigenvalue weighted by Crippen LogP contribution is 2.14. The third kappa shape index (κ3) is 4.22. The molecule has 1 rings (SSSR count). The van der Waals surface area contributed by atoms with Crippen molar-refractivity contribution in [3.8, 4) is 0 Å². The minimum atomic E-state index is -0.210. The molecule has 1 aliphatic rings.